The van der Waals surface area contributed by atoms with Gasteiger partial charge in [-0.25, -0.2) is 0 Å². The Hall–Kier alpha value is -4.27. The van der Waals surface area contributed by atoms with Crippen LogP contribution in [0.25, 0.3) is 10.9 Å². The second kappa shape index (κ2) is 9.70. The van der Waals surface area contributed by atoms with E-state index < -0.39 is 0 Å². The number of methoxy groups -OCH3 is 1. The van der Waals surface area contributed by atoms with E-state index in [1.807, 2.05) is 31.2 Å². The maximum atomic E-state index is 13.0. The summed E-state index contributed by atoms with van der Waals surface area (Å²) in [6, 6.07) is 12.9. The highest BCUT2D eigenvalue weighted by atomic mass is 16.5. The molecule has 2 aromatic carbocycles. The van der Waals surface area contributed by atoms with Gasteiger partial charge in [-0.15, -0.1) is 0 Å². The van der Waals surface area contributed by atoms with Gasteiger partial charge in [0.2, 0.25) is 0 Å². The number of aromatic nitrogens is 4. The number of rotatable bonds is 7. The molecule has 0 spiro atoms. The minimum absolute atomic E-state index is 0.0552. The van der Waals surface area contributed by atoms with Crippen molar-refractivity contribution in [2.24, 2.45) is 0 Å². The molecule has 34 heavy (non-hydrogen) atoms. The number of hydrogen-bond donors (Lipinski definition) is 1. The molecule has 0 atom stereocenters. The lowest BCUT2D eigenvalue weighted by atomic mass is 10.1. The Kier molecular flexibility index (Phi) is 6.53. The van der Waals surface area contributed by atoms with E-state index in [1.165, 1.54) is 4.90 Å². The summed E-state index contributed by atoms with van der Waals surface area (Å²) in [5.41, 5.74) is 4.14. The molecule has 0 saturated heterocycles. The lowest BCUT2D eigenvalue weighted by Gasteiger charge is -2.11. The molecule has 2 aromatic heterocycles. The average molecular weight is 459 g/mol. The van der Waals surface area contributed by atoms with E-state index in [-0.39, 0.29) is 18.4 Å². The van der Waals surface area contributed by atoms with Crippen molar-refractivity contribution in [3.8, 4) is 5.75 Å². The van der Waals surface area contributed by atoms with E-state index >= 15 is 0 Å². The monoisotopic (exact) mass is 458 g/mol. The summed E-state index contributed by atoms with van der Waals surface area (Å²) in [6.07, 6.45) is 3.30. The molecule has 0 radical (unpaired) electrons. The maximum absolute atomic E-state index is 13.0. The minimum Gasteiger partial charge on any atom is -0.497 e. The van der Waals surface area contributed by atoms with E-state index in [0.29, 0.717) is 34.6 Å². The van der Waals surface area contributed by atoms with E-state index in [9.17, 15) is 9.59 Å². The summed E-state index contributed by atoms with van der Waals surface area (Å²) in [6.45, 7) is 2.54. The average Bonchev–Trinajstić information content (AvgIpc) is 3.21. The molecule has 0 unspecified atom stereocenters. The van der Waals surface area contributed by atoms with Gasteiger partial charge in [-0.05, 0) is 42.8 Å². The number of hydrogen-bond acceptors (Lipinski definition) is 6. The van der Waals surface area contributed by atoms with Crippen LogP contribution in [0.2, 0.25) is 0 Å². The number of amides is 2. The molecule has 0 aliphatic heterocycles. The van der Waals surface area contributed by atoms with Gasteiger partial charge in [0.05, 0.1) is 43.3 Å². The molecule has 0 bridgehead atoms. The van der Waals surface area contributed by atoms with E-state index in [1.54, 1.807) is 56.5 Å². The molecule has 0 aliphatic carbocycles. The molecule has 0 saturated carbocycles. The molecule has 9 nitrogen and oxygen atoms in total. The van der Waals surface area contributed by atoms with Crippen molar-refractivity contribution in [2.45, 2.75) is 20.0 Å². The van der Waals surface area contributed by atoms with Crippen LogP contribution in [0.3, 0.4) is 0 Å². The quantitative estimate of drug-likeness (QED) is 0.457. The number of ether oxygens (including phenoxy) is 1. The normalized spacial score (nSPS) is 10.8. The number of aryl methyl sites for hydroxylation is 1. The summed E-state index contributed by atoms with van der Waals surface area (Å²) < 4.78 is 7.13. The first-order chi connectivity index (χ1) is 16.4. The van der Waals surface area contributed by atoms with Gasteiger partial charge in [-0.1, -0.05) is 12.1 Å². The first-order valence-corrected chi connectivity index (χ1v) is 10.8. The third-order valence-electron chi connectivity index (χ3n) is 5.38. The third kappa shape index (κ3) is 4.88. The Morgan fingerprint density at radius 2 is 1.82 bits per heavy atom. The van der Waals surface area contributed by atoms with Crippen LogP contribution in [0.5, 0.6) is 5.75 Å². The zero-order valence-corrected chi connectivity index (χ0v) is 19.6. The number of carbonyl (C=O) groups is 2. The summed E-state index contributed by atoms with van der Waals surface area (Å²) >= 11 is 0. The number of nitrogens with zero attached hydrogens (tertiary/aromatic N) is 5. The van der Waals surface area contributed by atoms with Crippen molar-refractivity contribution in [1.29, 1.82) is 0 Å². The molecular weight excluding hydrogens is 432 g/mol. The number of carbonyl (C=O) groups excluding carboxylic acids is 2. The second-order valence-corrected chi connectivity index (χ2v) is 8.12. The predicted octanol–water partition coefficient (Wildman–Crippen LogP) is 2.82. The Morgan fingerprint density at radius 1 is 1.06 bits per heavy atom. The highest BCUT2D eigenvalue weighted by molar-refractivity contribution is 6.05. The zero-order chi connectivity index (χ0) is 24.2. The summed E-state index contributed by atoms with van der Waals surface area (Å²) in [4.78, 5) is 35.2. The summed E-state index contributed by atoms with van der Waals surface area (Å²) in [5.74, 6) is 0.267. The van der Waals surface area contributed by atoms with Gasteiger partial charge < -0.3 is 15.0 Å². The smallest absolute Gasteiger partial charge is 0.272 e. The van der Waals surface area contributed by atoms with Gasteiger partial charge in [-0.3, -0.25) is 24.2 Å². The maximum Gasteiger partial charge on any atom is 0.272 e. The van der Waals surface area contributed by atoms with Gasteiger partial charge in [0.15, 0.2) is 5.69 Å². The molecular formula is C25H26N6O3. The SMILES string of the molecule is COc1ccc2c(c1)c(C(=O)NCc1cnc(C)cn1)nn2Cc1ccc(C(=O)N(C)C)cc1. The van der Waals surface area contributed by atoms with Crippen LogP contribution in [0.1, 0.15) is 37.8 Å². The van der Waals surface area contributed by atoms with Crippen molar-refractivity contribution in [1.82, 2.24) is 30.0 Å². The highest BCUT2D eigenvalue weighted by Crippen LogP contribution is 2.25. The molecule has 174 valence electrons. The van der Waals surface area contributed by atoms with Crippen molar-refractivity contribution >= 4 is 22.7 Å². The Bertz CT molecular complexity index is 1330. The topological polar surface area (TPSA) is 102 Å². The fourth-order valence-electron chi connectivity index (χ4n) is 3.52. The molecule has 0 fully saturated rings. The standard InChI is InChI=1S/C25H26N6O3/c1-16-12-27-19(13-26-16)14-28-24(32)23-21-11-20(34-4)9-10-22(21)31(29-23)15-17-5-7-18(8-6-17)25(33)30(2)3/h5-13H,14-15H2,1-4H3,(H,28,32). The molecule has 4 aromatic rings. The van der Waals surface area contributed by atoms with Crippen molar-refractivity contribution in [2.75, 3.05) is 21.2 Å². The van der Waals surface area contributed by atoms with Crippen molar-refractivity contribution < 1.29 is 14.3 Å². The lowest BCUT2D eigenvalue weighted by Crippen LogP contribution is -2.24. The van der Waals surface area contributed by atoms with E-state index in [0.717, 1.165) is 16.8 Å². The molecule has 0 aliphatic rings. The van der Waals surface area contributed by atoms with E-state index in [2.05, 4.69) is 20.4 Å². The number of fused-ring (bicyclic) bond motifs is 1. The van der Waals surface area contributed by atoms with Crippen LogP contribution >= 0.6 is 0 Å². The van der Waals surface area contributed by atoms with Gasteiger partial charge in [0.25, 0.3) is 11.8 Å². The van der Waals surface area contributed by atoms with Crippen LogP contribution in [-0.2, 0) is 13.1 Å². The van der Waals surface area contributed by atoms with Gasteiger partial charge in [-0.2, -0.15) is 5.10 Å². The van der Waals surface area contributed by atoms with Crippen LogP contribution in [0, 0.1) is 6.92 Å². The molecule has 9 heteroatoms. The highest BCUT2D eigenvalue weighted by Gasteiger charge is 2.18. The van der Waals surface area contributed by atoms with Gasteiger partial charge in [0.1, 0.15) is 5.75 Å². The number of nitrogens with one attached hydrogen (secondary N) is 1. The van der Waals surface area contributed by atoms with Gasteiger partial charge >= 0.3 is 0 Å². The second-order valence-electron chi connectivity index (χ2n) is 8.12. The van der Waals surface area contributed by atoms with Crippen molar-refractivity contribution in [3.05, 3.63) is 83.1 Å². The summed E-state index contributed by atoms with van der Waals surface area (Å²) in [5, 5.41) is 8.17. The molecule has 4 rings (SSSR count). The van der Waals surface area contributed by atoms with Gasteiger partial charge in [0, 0.05) is 31.2 Å². The van der Waals surface area contributed by atoms with Crippen molar-refractivity contribution in [3.63, 3.8) is 0 Å². The fraction of sp³-hybridized carbons (Fsp3) is 0.240. The Balaban J connectivity index is 1.61. The molecule has 1 N–H and O–H groups in total. The van der Waals surface area contributed by atoms with Crippen LogP contribution in [0.4, 0.5) is 0 Å². The third-order valence-corrected chi connectivity index (χ3v) is 5.38. The molecule has 2 amide bonds. The Labute approximate surface area is 197 Å². The molecule has 2 heterocycles. The zero-order valence-electron chi connectivity index (χ0n) is 19.6. The predicted molar refractivity (Wildman–Crippen MR) is 128 cm³/mol. The van der Waals surface area contributed by atoms with Crippen LogP contribution in [-0.4, -0.2) is 57.7 Å². The minimum atomic E-state index is -0.314. The number of benzene rings is 2. The van der Waals surface area contributed by atoms with Crippen LogP contribution in [0.15, 0.2) is 54.9 Å². The first kappa shape index (κ1) is 22.9. The van der Waals surface area contributed by atoms with E-state index in [4.69, 9.17) is 4.74 Å². The Morgan fingerprint density at radius 3 is 2.47 bits per heavy atom. The first-order valence-electron chi connectivity index (χ1n) is 10.8. The fourth-order valence-corrected chi connectivity index (χ4v) is 3.52. The largest absolute Gasteiger partial charge is 0.497 e. The lowest BCUT2D eigenvalue weighted by molar-refractivity contribution is 0.0827. The summed E-state index contributed by atoms with van der Waals surface area (Å²) in [7, 11) is 5.02. The van der Waals surface area contributed by atoms with Crippen LogP contribution < -0.4 is 10.1 Å².